The van der Waals surface area contributed by atoms with Crippen molar-refractivity contribution in [1.29, 1.82) is 0 Å². The molecule has 1 aromatic carbocycles. The summed E-state index contributed by atoms with van der Waals surface area (Å²) in [6.45, 7) is 2.96. The minimum Gasteiger partial charge on any atom is -0.341 e. The van der Waals surface area contributed by atoms with Crippen LogP contribution in [-0.4, -0.2) is 24.4 Å². The molecule has 0 radical (unpaired) electrons. The zero-order chi connectivity index (χ0) is 13.1. The first-order valence-corrected chi connectivity index (χ1v) is 6.67. The molecule has 0 heterocycles. The summed E-state index contributed by atoms with van der Waals surface area (Å²) in [5.74, 6) is 0.0300. The number of benzene rings is 1. The molecule has 0 aromatic heterocycles. The summed E-state index contributed by atoms with van der Waals surface area (Å²) in [6, 6.07) is 6.60. The number of aryl methyl sites for hydroxylation is 2. The van der Waals surface area contributed by atoms with Crippen LogP contribution in [0.2, 0.25) is 0 Å². The molecule has 2 rings (SSSR count). The Morgan fingerprint density at radius 2 is 2.11 bits per heavy atom. The number of carbonyl (C=O) groups is 1. The Bertz CT molecular complexity index is 442. The van der Waals surface area contributed by atoms with E-state index >= 15 is 0 Å². The Morgan fingerprint density at radius 1 is 1.39 bits per heavy atom. The van der Waals surface area contributed by atoms with Gasteiger partial charge in [0.05, 0.1) is 0 Å². The number of carbonyl (C=O) groups excluding carboxylic acids is 1. The molecular weight excluding hydrogens is 224 g/mol. The van der Waals surface area contributed by atoms with E-state index in [1.165, 1.54) is 36.0 Å². The van der Waals surface area contributed by atoms with Gasteiger partial charge in [0.2, 0.25) is 5.91 Å². The number of fused-ring (bicyclic) bond motifs is 1. The van der Waals surface area contributed by atoms with E-state index in [2.05, 4.69) is 18.2 Å². The van der Waals surface area contributed by atoms with Crippen molar-refractivity contribution in [3.05, 3.63) is 34.9 Å². The number of hydrogen-bond donors (Lipinski definition) is 1. The summed E-state index contributed by atoms with van der Waals surface area (Å²) in [7, 11) is 1.85. The van der Waals surface area contributed by atoms with Crippen LogP contribution in [0, 0.1) is 5.92 Å². The molecule has 0 bridgehead atoms. The molecule has 3 nitrogen and oxygen atoms in total. The minimum atomic E-state index is -0.0931. The van der Waals surface area contributed by atoms with Crippen molar-refractivity contribution in [2.24, 2.45) is 11.7 Å². The largest absolute Gasteiger partial charge is 0.341 e. The number of nitrogens with zero attached hydrogens (tertiary/aromatic N) is 1. The van der Waals surface area contributed by atoms with Gasteiger partial charge in [-0.05, 0) is 36.0 Å². The van der Waals surface area contributed by atoms with Gasteiger partial charge in [-0.3, -0.25) is 4.79 Å². The average molecular weight is 246 g/mol. The van der Waals surface area contributed by atoms with Gasteiger partial charge in [0, 0.05) is 26.1 Å². The van der Waals surface area contributed by atoms with Crippen LogP contribution < -0.4 is 5.73 Å². The molecule has 1 aromatic rings. The fraction of sp³-hybridized carbons (Fsp3) is 0.533. The Balaban J connectivity index is 2.03. The smallest absolute Gasteiger partial charge is 0.226 e. The van der Waals surface area contributed by atoms with Crippen LogP contribution >= 0.6 is 0 Å². The third-order valence-corrected chi connectivity index (χ3v) is 3.73. The molecule has 0 spiro atoms. The van der Waals surface area contributed by atoms with Gasteiger partial charge in [0.1, 0.15) is 0 Å². The van der Waals surface area contributed by atoms with E-state index in [-0.39, 0.29) is 11.8 Å². The van der Waals surface area contributed by atoms with Crippen molar-refractivity contribution in [3.63, 3.8) is 0 Å². The minimum absolute atomic E-state index is 0.0931. The van der Waals surface area contributed by atoms with Gasteiger partial charge in [0.25, 0.3) is 0 Å². The van der Waals surface area contributed by atoms with E-state index in [9.17, 15) is 4.79 Å². The number of hydrogen-bond acceptors (Lipinski definition) is 2. The van der Waals surface area contributed by atoms with Crippen molar-refractivity contribution in [1.82, 2.24) is 4.90 Å². The van der Waals surface area contributed by atoms with Crippen molar-refractivity contribution in [2.75, 3.05) is 13.6 Å². The summed E-state index contributed by atoms with van der Waals surface area (Å²) in [5, 5.41) is 0. The fourth-order valence-corrected chi connectivity index (χ4v) is 2.55. The highest BCUT2D eigenvalue weighted by Crippen LogP contribution is 2.23. The van der Waals surface area contributed by atoms with E-state index in [1.54, 1.807) is 4.90 Å². The topological polar surface area (TPSA) is 46.3 Å². The van der Waals surface area contributed by atoms with Crippen molar-refractivity contribution in [2.45, 2.75) is 32.7 Å². The maximum atomic E-state index is 12.0. The van der Waals surface area contributed by atoms with Gasteiger partial charge in [0.15, 0.2) is 0 Å². The van der Waals surface area contributed by atoms with Crippen molar-refractivity contribution >= 4 is 5.91 Å². The normalized spacial score (nSPS) is 15.3. The second-order valence-corrected chi connectivity index (χ2v) is 5.29. The van der Waals surface area contributed by atoms with Crippen LogP contribution in [0.15, 0.2) is 18.2 Å². The number of amides is 1. The zero-order valence-corrected chi connectivity index (χ0v) is 11.3. The van der Waals surface area contributed by atoms with Gasteiger partial charge in [-0.2, -0.15) is 0 Å². The molecule has 1 amide bonds. The first-order valence-electron chi connectivity index (χ1n) is 6.67. The van der Waals surface area contributed by atoms with Crippen LogP contribution in [0.4, 0.5) is 0 Å². The van der Waals surface area contributed by atoms with E-state index in [0.29, 0.717) is 13.1 Å². The summed E-state index contributed by atoms with van der Waals surface area (Å²) < 4.78 is 0. The van der Waals surface area contributed by atoms with Gasteiger partial charge in [-0.15, -0.1) is 0 Å². The first-order chi connectivity index (χ1) is 8.61. The fourth-order valence-electron chi connectivity index (χ4n) is 2.55. The van der Waals surface area contributed by atoms with Gasteiger partial charge >= 0.3 is 0 Å². The van der Waals surface area contributed by atoms with Crippen LogP contribution in [0.1, 0.15) is 30.0 Å². The molecule has 1 aliphatic carbocycles. The molecule has 18 heavy (non-hydrogen) atoms. The lowest BCUT2D eigenvalue weighted by atomic mass is 10.1. The summed E-state index contributed by atoms with van der Waals surface area (Å²) >= 11 is 0. The molecule has 1 aliphatic rings. The number of nitrogens with two attached hydrogens (primary N) is 1. The van der Waals surface area contributed by atoms with Crippen LogP contribution in [0.3, 0.4) is 0 Å². The molecule has 1 atom stereocenters. The highest BCUT2D eigenvalue weighted by atomic mass is 16.2. The molecule has 0 saturated heterocycles. The Kier molecular flexibility index (Phi) is 4.02. The molecule has 1 unspecified atom stereocenters. The molecule has 0 aliphatic heterocycles. The first kappa shape index (κ1) is 13.1. The zero-order valence-electron chi connectivity index (χ0n) is 11.3. The Hall–Kier alpha value is -1.35. The standard InChI is InChI=1S/C15H22N2O/c1-11(9-16)15(18)17(2)10-12-6-7-13-4-3-5-14(13)8-12/h6-8,11H,3-5,9-10,16H2,1-2H3. The quantitative estimate of drug-likeness (QED) is 0.879. The maximum absolute atomic E-state index is 12.0. The maximum Gasteiger partial charge on any atom is 0.226 e. The molecule has 2 N–H and O–H groups in total. The summed E-state index contributed by atoms with van der Waals surface area (Å²) in [4.78, 5) is 13.7. The van der Waals surface area contributed by atoms with E-state index in [1.807, 2.05) is 14.0 Å². The molecule has 98 valence electrons. The third kappa shape index (κ3) is 2.72. The SMILES string of the molecule is CC(CN)C(=O)N(C)Cc1ccc2c(c1)CCC2. The molecule has 3 heteroatoms. The van der Waals surface area contributed by atoms with E-state index in [0.717, 1.165) is 0 Å². The highest BCUT2D eigenvalue weighted by molar-refractivity contribution is 5.78. The average Bonchev–Trinajstić information content (AvgIpc) is 2.84. The van der Waals surface area contributed by atoms with Crippen LogP contribution in [-0.2, 0) is 24.2 Å². The molecular formula is C15H22N2O. The lowest BCUT2D eigenvalue weighted by Crippen LogP contribution is -2.34. The van der Waals surface area contributed by atoms with Gasteiger partial charge in [-0.1, -0.05) is 25.1 Å². The monoisotopic (exact) mass is 246 g/mol. The Labute approximate surface area is 109 Å². The lowest BCUT2D eigenvalue weighted by Gasteiger charge is -2.21. The van der Waals surface area contributed by atoms with Gasteiger partial charge in [-0.25, -0.2) is 0 Å². The summed E-state index contributed by atoms with van der Waals surface area (Å²) in [5.41, 5.74) is 9.68. The van der Waals surface area contributed by atoms with Crippen LogP contribution in [0.25, 0.3) is 0 Å². The van der Waals surface area contributed by atoms with Crippen LogP contribution in [0.5, 0.6) is 0 Å². The second-order valence-electron chi connectivity index (χ2n) is 5.29. The molecule has 0 saturated carbocycles. The van der Waals surface area contributed by atoms with Gasteiger partial charge < -0.3 is 10.6 Å². The second kappa shape index (κ2) is 5.53. The third-order valence-electron chi connectivity index (χ3n) is 3.73. The predicted molar refractivity (Wildman–Crippen MR) is 73.2 cm³/mol. The number of rotatable bonds is 4. The highest BCUT2D eigenvalue weighted by Gasteiger charge is 2.17. The molecule has 0 fully saturated rings. The Morgan fingerprint density at radius 3 is 2.83 bits per heavy atom. The van der Waals surface area contributed by atoms with Crippen molar-refractivity contribution < 1.29 is 4.79 Å². The lowest BCUT2D eigenvalue weighted by molar-refractivity contribution is -0.133. The van der Waals surface area contributed by atoms with E-state index in [4.69, 9.17) is 5.73 Å². The predicted octanol–water partition coefficient (Wildman–Crippen LogP) is 1.73. The summed E-state index contributed by atoms with van der Waals surface area (Å²) in [6.07, 6.45) is 3.65. The van der Waals surface area contributed by atoms with E-state index < -0.39 is 0 Å². The van der Waals surface area contributed by atoms with Crippen molar-refractivity contribution in [3.8, 4) is 0 Å².